The van der Waals surface area contributed by atoms with E-state index in [1.165, 1.54) is 6.07 Å². The highest BCUT2D eigenvalue weighted by Crippen LogP contribution is 2.05. The number of benzene rings is 1. The van der Waals surface area contributed by atoms with Crippen LogP contribution in [-0.4, -0.2) is 10.5 Å². The van der Waals surface area contributed by atoms with Crippen LogP contribution in [-0.2, 0) is 6.54 Å². The molecule has 1 amide bonds. The summed E-state index contributed by atoms with van der Waals surface area (Å²) in [6, 6.07) is 11.9. The van der Waals surface area contributed by atoms with E-state index in [-0.39, 0.29) is 5.56 Å². The molecule has 0 atom stereocenters. The Labute approximate surface area is 98.3 Å². The molecular formula is C13H12N2O2. The van der Waals surface area contributed by atoms with Crippen LogP contribution < -0.4 is 11.3 Å². The number of aromatic nitrogens is 1. The number of amides is 1. The average Bonchev–Trinajstić information content (AvgIpc) is 2.32. The summed E-state index contributed by atoms with van der Waals surface area (Å²) < 4.78 is 1.57. The summed E-state index contributed by atoms with van der Waals surface area (Å²) in [5.41, 5.74) is 6.45. The Morgan fingerprint density at radius 3 is 2.71 bits per heavy atom. The van der Waals surface area contributed by atoms with E-state index in [1.54, 1.807) is 41.1 Å². The van der Waals surface area contributed by atoms with Gasteiger partial charge in [-0.3, -0.25) is 9.59 Å². The summed E-state index contributed by atoms with van der Waals surface area (Å²) >= 11 is 0. The van der Waals surface area contributed by atoms with E-state index in [9.17, 15) is 9.59 Å². The topological polar surface area (TPSA) is 65.1 Å². The molecule has 2 aromatic rings. The van der Waals surface area contributed by atoms with Crippen molar-refractivity contribution in [2.45, 2.75) is 6.54 Å². The van der Waals surface area contributed by atoms with Crippen molar-refractivity contribution in [1.82, 2.24) is 4.57 Å². The smallest absolute Gasteiger partial charge is 0.250 e. The molecule has 1 aromatic heterocycles. The van der Waals surface area contributed by atoms with Gasteiger partial charge in [0.15, 0.2) is 0 Å². The second-order valence-corrected chi connectivity index (χ2v) is 3.73. The van der Waals surface area contributed by atoms with E-state index in [0.29, 0.717) is 12.1 Å². The first kappa shape index (κ1) is 11.1. The first-order chi connectivity index (χ1) is 8.16. The first-order valence-electron chi connectivity index (χ1n) is 5.21. The van der Waals surface area contributed by atoms with Gasteiger partial charge in [-0.25, -0.2) is 0 Å². The lowest BCUT2D eigenvalue weighted by atomic mass is 10.1. The van der Waals surface area contributed by atoms with Crippen molar-refractivity contribution in [3.63, 3.8) is 0 Å². The van der Waals surface area contributed by atoms with E-state index in [1.807, 2.05) is 6.07 Å². The number of nitrogens with zero attached hydrogens (tertiary/aromatic N) is 1. The third-order valence-electron chi connectivity index (χ3n) is 2.46. The quantitative estimate of drug-likeness (QED) is 0.851. The Bertz CT molecular complexity index is 602. The van der Waals surface area contributed by atoms with Crippen LogP contribution in [0.4, 0.5) is 0 Å². The third-order valence-corrected chi connectivity index (χ3v) is 2.46. The summed E-state index contributed by atoms with van der Waals surface area (Å²) in [7, 11) is 0. The van der Waals surface area contributed by atoms with Crippen molar-refractivity contribution in [2.75, 3.05) is 0 Å². The van der Waals surface area contributed by atoms with Gasteiger partial charge in [-0.05, 0) is 23.8 Å². The highest BCUT2D eigenvalue weighted by atomic mass is 16.1. The molecule has 86 valence electrons. The molecule has 4 heteroatoms. The van der Waals surface area contributed by atoms with Gasteiger partial charge in [0, 0.05) is 17.8 Å². The second kappa shape index (κ2) is 4.65. The Morgan fingerprint density at radius 1 is 1.18 bits per heavy atom. The van der Waals surface area contributed by atoms with Gasteiger partial charge in [0.1, 0.15) is 0 Å². The monoisotopic (exact) mass is 228 g/mol. The normalized spacial score (nSPS) is 10.1. The number of hydrogen-bond donors (Lipinski definition) is 1. The lowest BCUT2D eigenvalue weighted by Gasteiger charge is -2.06. The highest BCUT2D eigenvalue weighted by Gasteiger charge is 2.02. The summed E-state index contributed by atoms with van der Waals surface area (Å²) in [6.07, 6.45) is 1.71. The van der Waals surface area contributed by atoms with E-state index >= 15 is 0 Å². The number of rotatable bonds is 3. The molecule has 0 radical (unpaired) electrons. The highest BCUT2D eigenvalue weighted by molar-refractivity contribution is 5.92. The molecule has 2 N–H and O–H groups in total. The minimum Gasteiger partial charge on any atom is -0.366 e. The van der Waals surface area contributed by atoms with E-state index < -0.39 is 5.91 Å². The van der Waals surface area contributed by atoms with Gasteiger partial charge in [0.05, 0.1) is 6.54 Å². The van der Waals surface area contributed by atoms with Crippen molar-refractivity contribution < 1.29 is 4.79 Å². The molecular weight excluding hydrogens is 216 g/mol. The van der Waals surface area contributed by atoms with Crippen molar-refractivity contribution in [1.29, 1.82) is 0 Å². The number of pyridine rings is 1. The maximum Gasteiger partial charge on any atom is 0.250 e. The molecule has 2 rings (SSSR count). The van der Waals surface area contributed by atoms with Crippen LogP contribution in [0.2, 0.25) is 0 Å². The average molecular weight is 228 g/mol. The largest absolute Gasteiger partial charge is 0.366 e. The van der Waals surface area contributed by atoms with Gasteiger partial charge in [-0.1, -0.05) is 18.2 Å². The molecule has 0 aliphatic heterocycles. The number of hydrogen-bond acceptors (Lipinski definition) is 2. The molecule has 1 heterocycles. The van der Waals surface area contributed by atoms with Crippen LogP contribution in [0.25, 0.3) is 0 Å². The summed E-state index contributed by atoms with van der Waals surface area (Å²) in [5.74, 6) is -0.466. The summed E-state index contributed by atoms with van der Waals surface area (Å²) in [5, 5.41) is 0. The zero-order valence-corrected chi connectivity index (χ0v) is 9.17. The lowest BCUT2D eigenvalue weighted by molar-refractivity contribution is 0.1000. The van der Waals surface area contributed by atoms with Gasteiger partial charge in [0.25, 0.3) is 5.56 Å². The Hall–Kier alpha value is -2.36. The van der Waals surface area contributed by atoms with Crippen molar-refractivity contribution in [3.05, 3.63) is 70.1 Å². The van der Waals surface area contributed by atoms with Crippen molar-refractivity contribution in [2.24, 2.45) is 5.73 Å². The van der Waals surface area contributed by atoms with Crippen LogP contribution in [0.1, 0.15) is 15.9 Å². The van der Waals surface area contributed by atoms with Crippen LogP contribution in [0.5, 0.6) is 0 Å². The Morgan fingerprint density at radius 2 is 2.00 bits per heavy atom. The van der Waals surface area contributed by atoms with Crippen LogP contribution in [0, 0.1) is 0 Å². The summed E-state index contributed by atoms with van der Waals surface area (Å²) in [6.45, 7) is 0.431. The molecule has 0 saturated carbocycles. The Balaban J connectivity index is 2.31. The molecule has 4 nitrogen and oxygen atoms in total. The van der Waals surface area contributed by atoms with Gasteiger partial charge < -0.3 is 10.3 Å². The predicted molar refractivity (Wildman–Crippen MR) is 64.8 cm³/mol. The third kappa shape index (κ3) is 2.60. The molecule has 1 aromatic carbocycles. The second-order valence-electron chi connectivity index (χ2n) is 3.73. The molecule has 0 bridgehead atoms. The number of primary amides is 1. The number of carbonyl (C=O) groups excluding carboxylic acids is 1. The predicted octanol–water partition coefficient (Wildman–Crippen LogP) is 0.996. The molecule has 0 saturated heterocycles. The molecule has 0 aliphatic rings. The molecule has 0 aliphatic carbocycles. The van der Waals surface area contributed by atoms with Crippen LogP contribution in [0.3, 0.4) is 0 Å². The van der Waals surface area contributed by atoms with Gasteiger partial charge in [0.2, 0.25) is 5.91 Å². The molecule has 0 spiro atoms. The molecule has 17 heavy (non-hydrogen) atoms. The summed E-state index contributed by atoms with van der Waals surface area (Å²) in [4.78, 5) is 22.5. The van der Waals surface area contributed by atoms with Crippen LogP contribution in [0.15, 0.2) is 53.5 Å². The molecule has 0 fully saturated rings. The SMILES string of the molecule is NC(=O)c1cccc(Cn2ccccc2=O)c1. The fourth-order valence-electron chi connectivity index (χ4n) is 1.61. The van der Waals surface area contributed by atoms with Gasteiger partial charge in [-0.2, -0.15) is 0 Å². The van der Waals surface area contributed by atoms with Gasteiger partial charge >= 0.3 is 0 Å². The van der Waals surface area contributed by atoms with E-state index in [4.69, 9.17) is 5.73 Å². The van der Waals surface area contributed by atoms with Crippen molar-refractivity contribution in [3.8, 4) is 0 Å². The standard InChI is InChI=1S/C13H12N2O2/c14-13(17)11-5-3-4-10(8-11)9-15-7-2-1-6-12(15)16/h1-8H,9H2,(H2,14,17). The first-order valence-corrected chi connectivity index (χ1v) is 5.21. The van der Waals surface area contributed by atoms with E-state index in [2.05, 4.69) is 0 Å². The Kier molecular flexibility index (Phi) is 3.05. The van der Waals surface area contributed by atoms with Gasteiger partial charge in [-0.15, -0.1) is 0 Å². The lowest BCUT2D eigenvalue weighted by Crippen LogP contribution is -2.18. The van der Waals surface area contributed by atoms with E-state index in [0.717, 1.165) is 5.56 Å². The zero-order chi connectivity index (χ0) is 12.3. The fraction of sp³-hybridized carbons (Fsp3) is 0.0769. The zero-order valence-electron chi connectivity index (χ0n) is 9.17. The molecule has 0 unspecified atom stereocenters. The maximum absolute atomic E-state index is 11.5. The minimum atomic E-state index is -0.466. The fourth-order valence-corrected chi connectivity index (χ4v) is 1.61. The maximum atomic E-state index is 11.5. The number of nitrogens with two attached hydrogens (primary N) is 1. The minimum absolute atomic E-state index is 0.0722. The van der Waals surface area contributed by atoms with Crippen molar-refractivity contribution >= 4 is 5.91 Å². The van der Waals surface area contributed by atoms with Crippen LogP contribution >= 0.6 is 0 Å². The number of carbonyl (C=O) groups is 1.